The van der Waals surface area contributed by atoms with Crippen LogP contribution in [0, 0.1) is 11.3 Å². The highest BCUT2D eigenvalue weighted by Gasteiger charge is 2.42. The average molecular weight is 452 g/mol. The van der Waals surface area contributed by atoms with Crippen LogP contribution in [0.2, 0.25) is 0 Å². The van der Waals surface area contributed by atoms with Gasteiger partial charge in [-0.2, -0.15) is 0 Å². The molecule has 0 bridgehead atoms. The number of fused-ring (bicyclic) bond motifs is 1. The molecule has 1 aliphatic heterocycles. The Balaban J connectivity index is 1.21. The summed E-state index contributed by atoms with van der Waals surface area (Å²) in [7, 11) is 0. The second kappa shape index (κ2) is 8.33. The molecule has 7 heteroatoms. The van der Waals surface area contributed by atoms with Crippen LogP contribution in [0.1, 0.15) is 78.2 Å². The predicted molar refractivity (Wildman–Crippen MR) is 130 cm³/mol. The fourth-order valence-electron chi connectivity index (χ4n) is 6.30. The summed E-state index contributed by atoms with van der Waals surface area (Å²) in [4.78, 5) is 23.0. The number of hydrogen-bond acceptors (Lipinski definition) is 5. The van der Waals surface area contributed by atoms with E-state index in [1.54, 1.807) is 11.9 Å². The van der Waals surface area contributed by atoms with Gasteiger partial charge < -0.3 is 19.9 Å². The van der Waals surface area contributed by atoms with Gasteiger partial charge in [-0.25, -0.2) is 14.8 Å². The first-order valence-corrected chi connectivity index (χ1v) is 12.5. The number of amides is 1. The van der Waals surface area contributed by atoms with Gasteiger partial charge in [0.1, 0.15) is 23.4 Å². The van der Waals surface area contributed by atoms with E-state index in [0.29, 0.717) is 23.2 Å². The number of rotatable bonds is 3. The molecule has 0 aromatic carbocycles. The molecule has 2 aromatic rings. The van der Waals surface area contributed by atoms with Crippen molar-refractivity contribution in [3.8, 4) is 0 Å². The Morgan fingerprint density at radius 3 is 2.76 bits per heavy atom. The van der Waals surface area contributed by atoms with Crippen LogP contribution in [0.15, 0.2) is 30.2 Å². The molecular formula is C26H37N5O2. The zero-order chi connectivity index (χ0) is 23.2. The van der Waals surface area contributed by atoms with E-state index in [9.17, 15) is 4.79 Å². The zero-order valence-electron chi connectivity index (χ0n) is 20.2. The third-order valence-corrected chi connectivity index (χ3v) is 8.02. The molecule has 3 heterocycles. The number of piperidine rings is 1. The Morgan fingerprint density at radius 2 is 2.00 bits per heavy atom. The lowest BCUT2D eigenvalue weighted by molar-refractivity contribution is 0.0131. The Hall–Kier alpha value is -2.57. The van der Waals surface area contributed by atoms with E-state index in [0.717, 1.165) is 37.0 Å². The molecule has 178 valence electrons. The largest absolute Gasteiger partial charge is 0.444 e. The fraction of sp³-hybridized carbons (Fsp3) is 0.654. The molecule has 3 aliphatic rings. The molecule has 2 atom stereocenters. The van der Waals surface area contributed by atoms with E-state index in [-0.39, 0.29) is 6.09 Å². The van der Waals surface area contributed by atoms with Crippen molar-refractivity contribution in [3.63, 3.8) is 0 Å². The summed E-state index contributed by atoms with van der Waals surface area (Å²) in [6, 6.07) is 2.53. The summed E-state index contributed by atoms with van der Waals surface area (Å²) in [5, 5.41) is 0.954. The quantitative estimate of drug-likeness (QED) is 0.624. The van der Waals surface area contributed by atoms with Gasteiger partial charge in [0.15, 0.2) is 0 Å². The lowest BCUT2D eigenvalue weighted by atomic mass is 9.70. The molecular weight excluding hydrogens is 414 g/mol. The van der Waals surface area contributed by atoms with E-state index in [2.05, 4.69) is 26.8 Å². The van der Waals surface area contributed by atoms with Crippen molar-refractivity contribution in [1.82, 2.24) is 19.4 Å². The van der Waals surface area contributed by atoms with Crippen molar-refractivity contribution in [2.24, 2.45) is 11.3 Å². The molecule has 2 unspecified atom stereocenters. The molecule has 0 radical (unpaired) electrons. The minimum atomic E-state index is -0.438. The van der Waals surface area contributed by atoms with Gasteiger partial charge in [0.05, 0.1) is 5.39 Å². The van der Waals surface area contributed by atoms with Gasteiger partial charge in [-0.1, -0.05) is 11.6 Å². The highest BCUT2D eigenvalue weighted by atomic mass is 16.6. The van der Waals surface area contributed by atoms with E-state index in [4.69, 9.17) is 10.5 Å². The summed E-state index contributed by atoms with van der Waals surface area (Å²) in [6.07, 6.45) is 15.4. The van der Waals surface area contributed by atoms with E-state index in [1.807, 2.05) is 31.7 Å². The Labute approximate surface area is 196 Å². The standard InChI is InChI=1S/C26H37N5O2/c1-25(2,3)33-24(32)30-13-10-26(11-14-30)9-4-5-19(26)15-18-6-7-20(16-18)31-12-8-21-22(27)28-17-29-23(21)31/h5,8,12,17-18,20H,4,6-7,9-11,13-16H2,1-3H3,(H2,27,28,29). The van der Waals surface area contributed by atoms with Gasteiger partial charge in [0, 0.05) is 25.3 Å². The zero-order valence-corrected chi connectivity index (χ0v) is 20.2. The summed E-state index contributed by atoms with van der Waals surface area (Å²) in [5.41, 5.74) is 8.50. The maximum absolute atomic E-state index is 12.5. The van der Waals surface area contributed by atoms with Gasteiger partial charge in [0.2, 0.25) is 0 Å². The molecule has 2 aliphatic carbocycles. The number of allylic oxidation sites excluding steroid dienone is 2. The molecule has 2 aromatic heterocycles. The molecule has 1 amide bonds. The second-order valence-electron chi connectivity index (χ2n) is 11.3. The smallest absolute Gasteiger partial charge is 0.410 e. The van der Waals surface area contributed by atoms with Crippen molar-refractivity contribution in [2.75, 3.05) is 18.8 Å². The second-order valence-corrected chi connectivity index (χ2v) is 11.3. The van der Waals surface area contributed by atoms with Crippen molar-refractivity contribution in [2.45, 2.75) is 83.8 Å². The number of aromatic nitrogens is 3. The molecule has 1 saturated carbocycles. The maximum atomic E-state index is 12.5. The number of ether oxygens (including phenoxy) is 1. The Bertz CT molecular complexity index is 1060. The van der Waals surface area contributed by atoms with Crippen LogP contribution >= 0.6 is 0 Å². The Morgan fingerprint density at radius 1 is 1.21 bits per heavy atom. The SMILES string of the molecule is CC(C)(C)OC(=O)N1CCC2(CCC=C2CC2CCC(n3ccc4c(N)ncnc43)C2)CC1. The molecule has 5 rings (SSSR count). The lowest BCUT2D eigenvalue weighted by Crippen LogP contribution is -2.45. The summed E-state index contributed by atoms with van der Waals surface area (Å²) in [6.45, 7) is 7.40. The van der Waals surface area contributed by atoms with Gasteiger partial charge in [-0.05, 0) is 89.5 Å². The average Bonchev–Trinajstić information content (AvgIpc) is 3.48. The van der Waals surface area contributed by atoms with Crippen LogP contribution in [0.3, 0.4) is 0 Å². The Kier molecular flexibility index (Phi) is 5.61. The van der Waals surface area contributed by atoms with Crippen LogP contribution < -0.4 is 5.73 Å². The highest BCUT2D eigenvalue weighted by Crippen LogP contribution is 2.51. The van der Waals surface area contributed by atoms with Gasteiger partial charge in [-0.3, -0.25) is 0 Å². The van der Waals surface area contributed by atoms with Crippen LogP contribution in [0.4, 0.5) is 10.6 Å². The first-order valence-electron chi connectivity index (χ1n) is 12.5. The number of anilines is 1. The number of carbonyl (C=O) groups is 1. The van der Waals surface area contributed by atoms with E-state index in [1.165, 1.54) is 38.5 Å². The number of likely N-dealkylation sites (tertiary alicyclic amines) is 1. The van der Waals surface area contributed by atoms with Crippen molar-refractivity contribution < 1.29 is 9.53 Å². The minimum Gasteiger partial charge on any atom is -0.444 e. The van der Waals surface area contributed by atoms with Crippen molar-refractivity contribution in [3.05, 3.63) is 30.2 Å². The molecule has 33 heavy (non-hydrogen) atoms. The first-order chi connectivity index (χ1) is 15.7. The predicted octanol–water partition coefficient (Wildman–Crippen LogP) is 5.48. The number of nitrogens with zero attached hydrogens (tertiary/aromatic N) is 4. The topological polar surface area (TPSA) is 86.3 Å². The lowest BCUT2D eigenvalue weighted by Gasteiger charge is -2.42. The monoisotopic (exact) mass is 451 g/mol. The summed E-state index contributed by atoms with van der Waals surface area (Å²) in [5.74, 6) is 1.26. The number of hydrogen-bond donors (Lipinski definition) is 1. The van der Waals surface area contributed by atoms with Crippen molar-refractivity contribution in [1.29, 1.82) is 0 Å². The number of carbonyl (C=O) groups excluding carboxylic acids is 1. The minimum absolute atomic E-state index is 0.164. The van der Waals surface area contributed by atoms with Gasteiger partial charge in [-0.15, -0.1) is 0 Å². The van der Waals surface area contributed by atoms with Crippen LogP contribution in [0.25, 0.3) is 11.0 Å². The fourth-order valence-corrected chi connectivity index (χ4v) is 6.30. The summed E-state index contributed by atoms with van der Waals surface area (Å²) >= 11 is 0. The van der Waals surface area contributed by atoms with E-state index < -0.39 is 5.60 Å². The first kappa shape index (κ1) is 22.2. The van der Waals surface area contributed by atoms with Gasteiger partial charge >= 0.3 is 6.09 Å². The third-order valence-electron chi connectivity index (χ3n) is 8.02. The normalized spacial score (nSPS) is 25.1. The van der Waals surface area contributed by atoms with E-state index >= 15 is 0 Å². The highest BCUT2D eigenvalue weighted by molar-refractivity contribution is 5.86. The van der Waals surface area contributed by atoms with Gasteiger partial charge in [0.25, 0.3) is 0 Å². The van der Waals surface area contributed by atoms with Crippen LogP contribution in [-0.2, 0) is 4.74 Å². The van der Waals surface area contributed by atoms with Crippen LogP contribution in [0.5, 0.6) is 0 Å². The molecule has 1 spiro atoms. The third kappa shape index (κ3) is 4.34. The van der Waals surface area contributed by atoms with Crippen molar-refractivity contribution >= 4 is 22.9 Å². The molecule has 1 saturated heterocycles. The number of nitrogen functional groups attached to an aromatic ring is 1. The maximum Gasteiger partial charge on any atom is 0.410 e. The van der Waals surface area contributed by atoms with Crippen LogP contribution in [-0.4, -0.2) is 44.2 Å². The molecule has 2 N–H and O–H groups in total. The number of nitrogens with two attached hydrogens (primary N) is 1. The molecule has 2 fully saturated rings. The molecule has 7 nitrogen and oxygen atoms in total. The summed E-state index contributed by atoms with van der Waals surface area (Å²) < 4.78 is 7.91.